The first-order valence-corrected chi connectivity index (χ1v) is 19.6. The van der Waals surface area contributed by atoms with Crippen LogP contribution in [0.3, 0.4) is 0 Å². The smallest absolute Gasteiger partial charge is 0.744 e. The van der Waals surface area contributed by atoms with E-state index in [1.54, 1.807) is 0 Å². The summed E-state index contributed by atoms with van der Waals surface area (Å²) in [4.78, 5) is -1.59. The molecule has 30 heteroatoms. The first-order chi connectivity index (χ1) is 23.3. The number of sulfone groups is 2. The zero-order valence-electron chi connectivity index (χ0n) is 28.0. The largest absolute Gasteiger partial charge is 1.00 e. The van der Waals surface area contributed by atoms with Crippen molar-refractivity contribution >= 4 is 86.6 Å². The van der Waals surface area contributed by atoms with E-state index in [1.165, 1.54) is 31.4 Å². The minimum absolute atomic E-state index is 0. The van der Waals surface area contributed by atoms with Gasteiger partial charge in [-0.15, -0.1) is 19.7 Å². The fraction of sp³-hybridized carbons (Fsp3) is 0.250. The molecule has 0 saturated carbocycles. The molecule has 0 saturated heterocycles. The van der Waals surface area contributed by atoms with Crippen LogP contribution in [0.15, 0.2) is 83.7 Å². The number of anilines is 2. The molecule has 22 nitrogen and oxygen atoms in total. The summed E-state index contributed by atoms with van der Waals surface area (Å²) in [6.07, 6.45) is 0. The molecule has 0 unspecified atom stereocenters. The molecule has 0 atom stereocenters. The number of nitrogens with zero attached hydrogens (tertiary/aromatic N) is 4. The third-order valence-corrected chi connectivity index (χ3v) is 11.0. The minimum atomic E-state index is -5.28. The van der Waals surface area contributed by atoms with Crippen molar-refractivity contribution in [2.24, 2.45) is 20.5 Å². The van der Waals surface area contributed by atoms with Crippen LogP contribution in [0.2, 0.25) is 0 Å². The Kier molecular flexibility index (Phi) is 24.7. The van der Waals surface area contributed by atoms with Crippen LogP contribution in [0.25, 0.3) is 0 Å². The number of rotatable bonds is 18. The van der Waals surface area contributed by atoms with Crippen molar-refractivity contribution in [2.45, 2.75) is 22.1 Å². The average Bonchev–Trinajstić information content (AvgIpc) is 3.03. The van der Waals surface area contributed by atoms with Gasteiger partial charge in [0.15, 0.2) is 32.0 Å². The molecular weight excluding hydrogens is 858 g/mol. The quantitative estimate of drug-likeness (QED) is 0.0138. The van der Waals surface area contributed by atoms with Crippen LogP contribution in [-0.2, 0) is 57.9 Å². The third kappa shape index (κ3) is 16.5. The van der Waals surface area contributed by atoms with Gasteiger partial charge >= 0.3 is 88.7 Å². The summed E-state index contributed by atoms with van der Waals surface area (Å²) in [5.41, 5.74) is 9.56. The zero-order chi connectivity index (χ0) is 37.3. The van der Waals surface area contributed by atoms with Crippen molar-refractivity contribution in [3.05, 3.63) is 48.5 Å². The Morgan fingerprint density at radius 3 is 1.83 bits per heavy atom. The number of ether oxygens (including phenoxy) is 1. The molecule has 0 radical (unpaired) electrons. The zero-order valence-corrected chi connectivity index (χ0v) is 38.0. The van der Waals surface area contributed by atoms with Crippen molar-refractivity contribution in [1.29, 1.82) is 0 Å². The number of methoxy groups -OCH3 is 1. The van der Waals surface area contributed by atoms with E-state index in [0.717, 1.165) is 18.2 Å². The van der Waals surface area contributed by atoms with E-state index < -0.39 is 90.8 Å². The van der Waals surface area contributed by atoms with E-state index >= 15 is 0 Å². The van der Waals surface area contributed by atoms with Gasteiger partial charge in [-0.2, -0.15) is 5.11 Å². The van der Waals surface area contributed by atoms with Gasteiger partial charge in [0, 0.05) is 0 Å². The summed E-state index contributed by atoms with van der Waals surface area (Å²) in [6.45, 7) is -1.34. The van der Waals surface area contributed by atoms with Crippen molar-refractivity contribution in [3.63, 3.8) is 0 Å². The Bertz CT molecular complexity index is 2220. The van der Waals surface area contributed by atoms with Crippen LogP contribution in [0.4, 0.5) is 34.1 Å². The Labute approximate surface area is 381 Å². The van der Waals surface area contributed by atoms with Crippen LogP contribution in [-0.4, -0.2) is 74.6 Å². The number of nitrogens with two attached hydrogens (primary N) is 2. The summed E-state index contributed by atoms with van der Waals surface area (Å²) in [5.74, 6) is -1.47. The Morgan fingerprint density at radius 2 is 1.28 bits per heavy atom. The molecule has 0 aliphatic heterocycles. The van der Waals surface area contributed by atoms with E-state index in [9.17, 15) is 48.0 Å². The minimum Gasteiger partial charge on any atom is -0.744 e. The summed E-state index contributed by atoms with van der Waals surface area (Å²) in [7, 11) is -17.3. The standard InChI is InChI=1S/C23H26N6O16S5.CH4.3Na/c1-41-19-7-6-16(48(33,34)11-9-43-50(38,39)40)12-17(19)27-29-23-21(24)18(13-20(22(23)25)49(35,36)37)28-26-14-2-4-15(5-3-14)47(31,32)10-8-42-46-45-44-30;;;;/h2-7,12-13,30H,8-11,24-25H2,1H3,(H,35,36,37)(H,38,39,40);1H4;;;/q;;3*+1/p-3. The van der Waals surface area contributed by atoms with Crippen molar-refractivity contribution in [1.82, 2.24) is 0 Å². The average molecular weight is 885 g/mol. The van der Waals surface area contributed by atoms with Gasteiger partial charge in [-0.1, -0.05) is 7.43 Å². The molecule has 0 heterocycles. The molecule has 3 aromatic carbocycles. The summed E-state index contributed by atoms with van der Waals surface area (Å²) in [6, 6.07) is 8.71. The molecule has 0 fully saturated rings. The molecule has 0 aliphatic carbocycles. The molecule has 282 valence electrons. The summed E-state index contributed by atoms with van der Waals surface area (Å²) >= 11 is 0.140. The van der Waals surface area contributed by atoms with Gasteiger partial charge in [-0.3, -0.25) is 13.4 Å². The molecular formula is C24H27N6Na3O16S5. The number of azo groups is 2. The molecule has 3 rings (SSSR count). The SMILES string of the molecule is C.COc1ccc(S(=O)(=O)CCOS(=O)(=O)[O-])cc1N=Nc1c(N)c(N=Nc2ccc(S(=O)(=O)CCOSOO[O-])cc2)cc(S(=O)(=O)[O-])c1N.[Na+].[Na+].[Na+]. The number of hydrogen-bond donors (Lipinski definition) is 2. The van der Waals surface area contributed by atoms with Crippen molar-refractivity contribution in [2.75, 3.05) is 43.3 Å². The molecule has 0 bridgehead atoms. The van der Waals surface area contributed by atoms with Gasteiger partial charge in [-0.05, 0) is 48.5 Å². The second-order valence-corrected chi connectivity index (χ2v) is 16.3. The maximum absolute atomic E-state index is 12.7. The van der Waals surface area contributed by atoms with E-state index in [0.29, 0.717) is 6.07 Å². The van der Waals surface area contributed by atoms with Gasteiger partial charge in [0.25, 0.3) is 0 Å². The Balaban J connectivity index is 0. The van der Waals surface area contributed by atoms with E-state index in [-0.39, 0.29) is 137 Å². The molecule has 0 spiro atoms. The second kappa shape index (κ2) is 24.1. The van der Waals surface area contributed by atoms with Crippen LogP contribution in [0, 0.1) is 0 Å². The van der Waals surface area contributed by atoms with Crippen LogP contribution in [0.5, 0.6) is 5.75 Å². The predicted molar refractivity (Wildman–Crippen MR) is 173 cm³/mol. The van der Waals surface area contributed by atoms with Gasteiger partial charge < -0.3 is 30.6 Å². The monoisotopic (exact) mass is 884 g/mol. The van der Waals surface area contributed by atoms with Crippen molar-refractivity contribution in [3.8, 4) is 5.75 Å². The van der Waals surface area contributed by atoms with Gasteiger partial charge in [0.1, 0.15) is 32.9 Å². The van der Waals surface area contributed by atoms with Crippen molar-refractivity contribution < 1.29 is 159 Å². The Morgan fingerprint density at radius 1 is 0.722 bits per heavy atom. The fourth-order valence-corrected chi connectivity index (χ4v) is 7.16. The maximum Gasteiger partial charge on any atom is 1.00 e. The Hall–Kier alpha value is -0.870. The van der Waals surface area contributed by atoms with E-state index in [2.05, 4.69) is 34.0 Å². The van der Waals surface area contributed by atoms with Crippen LogP contribution >= 0.6 is 12.3 Å². The van der Waals surface area contributed by atoms with Crippen LogP contribution < -0.4 is 110 Å². The number of benzene rings is 3. The summed E-state index contributed by atoms with van der Waals surface area (Å²) in [5, 5.41) is 28.1. The van der Waals surface area contributed by atoms with Crippen LogP contribution in [0.1, 0.15) is 7.43 Å². The first kappa shape index (κ1) is 55.2. The van der Waals surface area contributed by atoms with Gasteiger partial charge in [-0.25, -0.2) is 33.7 Å². The summed E-state index contributed by atoms with van der Waals surface area (Å²) < 4.78 is 136. The van der Waals surface area contributed by atoms with Gasteiger partial charge in [0.05, 0.1) is 63.6 Å². The maximum atomic E-state index is 12.7. The number of nitrogen functional groups attached to an aromatic ring is 2. The molecule has 0 amide bonds. The van der Waals surface area contributed by atoms with E-state index in [4.69, 9.17) is 20.4 Å². The van der Waals surface area contributed by atoms with E-state index in [1.807, 2.05) is 0 Å². The molecule has 54 heavy (non-hydrogen) atoms. The fourth-order valence-electron chi connectivity index (χ4n) is 3.63. The molecule has 3 aromatic rings. The third-order valence-electron chi connectivity index (χ3n) is 5.94. The van der Waals surface area contributed by atoms with Gasteiger partial charge in [0.2, 0.25) is 10.4 Å². The number of hydrogen-bond acceptors (Lipinski definition) is 23. The molecule has 0 aliphatic rings. The topological polar surface area (TPSA) is 353 Å². The predicted octanol–water partition coefficient (Wildman–Crippen LogP) is -6.93. The first-order valence-electron chi connectivity index (χ1n) is 12.9. The second-order valence-electron chi connectivity index (χ2n) is 9.15. The normalized spacial score (nSPS) is 12.0. The molecule has 4 N–H and O–H groups in total. The molecule has 0 aromatic heterocycles.